The predicted molar refractivity (Wildman–Crippen MR) is 92.1 cm³/mol. The van der Waals surface area contributed by atoms with Gasteiger partial charge in [-0.3, -0.25) is 20.2 Å². The van der Waals surface area contributed by atoms with Crippen molar-refractivity contribution in [3.05, 3.63) is 80.0 Å². The molecule has 0 saturated carbocycles. The van der Waals surface area contributed by atoms with Crippen LogP contribution < -0.4 is 0 Å². The van der Waals surface area contributed by atoms with Gasteiger partial charge in [0.15, 0.2) is 0 Å². The van der Waals surface area contributed by atoms with Gasteiger partial charge in [-0.1, -0.05) is 18.2 Å². The standard InChI is InChI=1S/C17H11N3O5/c21-16-3-1-2-12-5-8-13(18-17(12)16)7-4-11-6-9-14(19(22)23)10-15(11)20(24)25/h1-10,21H/b7-4+. The van der Waals surface area contributed by atoms with Crippen molar-refractivity contribution in [2.75, 3.05) is 0 Å². The zero-order valence-electron chi connectivity index (χ0n) is 12.7. The monoisotopic (exact) mass is 337 g/mol. The van der Waals surface area contributed by atoms with E-state index in [9.17, 15) is 25.3 Å². The summed E-state index contributed by atoms with van der Waals surface area (Å²) in [7, 11) is 0. The molecule has 3 rings (SSSR count). The number of para-hydroxylation sites is 1. The van der Waals surface area contributed by atoms with Crippen molar-refractivity contribution in [3.8, 4) is 5.75 Å². The smallest absolute Gasteiger partial charge is 0.283 e. The van der Waals surface area contributed by atoms with Gasteiger partial charge in [-0.25, -0.2) is 4.98 Å². The number of benzene rings is 2. The van der Waals surface area contributed by atoms with Gasteiger partial charge in [0.2, 0.25) is 0 Å². The zero-order chi connectivity index (χ0) is 18.0. The number of hydrogen-bond donors (Lipinski definition) is 1. The highest BCUT2D eigenvalue weighted by atomic mass is 16.6. The van der Waals surface area contributed by atoms with Crippen LogP contribution in [-0.2, 0) is 0 Å². The molecule has 0 aliphatic rings. The average Bonchev–Trinajstić information content (AvgIpc) is 2.60. The number of nitro groups is 2. The summed E-state index contributed by atoms with van der Waals surface area (Å²) in [5, 5.41) is 32.5. The first-order chi connectivity index (χ1) is 12.0. The second-order valence-corrected chi connectivity index (χ2v) is 5.18. The Kier molecular flexibility index (Phi) is 4.09. The number of phenolic OH excluding ortho intramolecular Hbond substituents is 1. The quantitative estimate of drug-likeness (QED) is 0.569. The number of hydrogen-bond acceptors (Lipinski definition) is 6. The fraction of sp³-hybridized carbons (Fsp3) is 0. The molecular weight excluding hydrogens is 326 g/mol. The first-order valence-electron chi connectivity index (χ1n) is 7.15. The summed E-state index contributed by atoms with van der Waals surface area (Å²) in [6.07, 6.45) is 3.00. The van der Waals surface area contributed by atoms with Crippen molar-refractivity contribution in [2.45, 2.75) is 0 Å². The largest absolute Gasteiger partial charge is 0.506 e. The molecule has 0 spiro atoms. The fourth-order valence-corrected chi connectivity index (χ4v) is 2.36. The Morgan fingerprint density at radius 2 is 1.76 bits per heavy atom. The van der Waals surface area contributed by atoms with E-state index < -0.39 is 9.85 Å². The molecule has 0 atom stereocenters. The second kappa shape index (κ2) is 6.36. The fourth-order valence-electron chi connectivity index (χ4n) is 2.36. The number of aromatic hydroxyl groups is 1. The number of non-ortho nitro benzene ring substituents is 1. The number of phenols is 1. The first kappa shape index (κ1) is 16.1. The minimum Gasteiger partial charge on any atom is -0.506 e. The minimum absolute atomic E-state index is 0.0362. The normalized spacial score (nSPS) is 11.0. The molecule has 2 aromatic carbocycles. The SMILES string of the molecule is O=[N+]([O-])c1ccc(/C=C/c2ccc3cccc(O)c3n2)c([N+](=O)[O-])c1. The van der Waals surface area contributed by atoms with Crippen molar-refractivity contribution in [1.29, 1.82) is 0 Å². The molecule has 25 heavy (non-hydrogen) atoms. The highest BCUT2D eigenvalue weighted by Gasteiger charge is 2.17. The lowest BCUT2D eigenvalue weighted by molar-refractivity contribution is -0.394. The number of fused-ring (bicyclic) bond motifs is 1. The molecule has 1 N–H and O–H groups in total. The molecule has 0 radical (unpaired) electrons. The molecule has 0 saturated heterocycles. The van der Waals surface area contributed by atoms with Crippen LogP contribution in [-0.4, -0.2) is 19.9 Å². The molecule has 0 amide bonds. The van der Waals surface area contributed by atoms with Crippen LogP contribution in [0.5, 0.6) is 5.75 Å². The van der Waals surface area contributed by atoms with Gasteiger partial charge in [0.1, 0.15) is 11.3 Å². The van der Waals surface area contributed by atoms with Crippen LogP contribution >= 0.6 is 0 Å². The molecule has 0 fully saturated rings. The van der Waals surface area contributed by atoms with Crippen LogP contribution in [0, 0.1) is 20.2 Å². The Bertz CT molecular complexity index is 1030. The van der Waals surface area contributed by atoms with Crippen LogP contribution in [0.1, 0.15) is 11.3 Å². The molecule has 0 aliphatic heterocycles. The van der Waals surface area contributed by atoms with E-state index in [2.05, 4.69) is 4.98 Å². The average molecular weight is 337 g/mol. The van der Waals surface area contributed by atoms with E-state index in [0.717, 1.165) is 11.5 Å². The highest BCUT2D eigenvalue weighted by Crippen LogP contribution is 2.27. The van der Waals surface area contributed by atoms with Gasteiger partial charge < -0.3 is 5.11 Å². The molecular formula is C17H11N3O5. The second-order valence-electron chi connectivity index (χ2n) is 5.18. The van der Waals surface area contributed by atoms with E-state index in [1.165, 1.54) is 24.3 Å². The summed E-state index contributed by atoms with van der Waals surface area (Å²) >= 11 is 0. The van der Waals surface area contributed by atoms with Crippen LogP contribution in [0.2, 0.25) is 0 Å². The summed E-state index contributed by atoms with van der Waals surface area (Å²) in [6, 6.07) is 11.9. The van der Waals surface area contributed by atoms with Gasteiger partial charge in [-0.05, 0) is 30.4 Å². The van der Waals surface area contributed by atoms with Gasteiger partial charge in [-0.15, -0.1) is 0 Å². The summed E-state index contributed by atoms with van der Waals surface area (Å²) in [5.74, 6) is 0.0362. The molecule has 3 aromatic rings. The van der Waals surface area contributed by atoms with E-state index in [0.29, 0.717) is 11.2 Å². The summed E-state index contributed by atoms with van der Waals surface area (Å²) in [5.41, 5.74) is 0.408. The van der Waals surface area contributed by atoms with E-state index >= 15 is 0 Å². The summed E-state index contributed by atoms with van der Waals surface area (Å²) < 4.78 is 0. The molecule has 8 heteroatoms. The Morgan fingerprint density at radius 3 is 2.48 bits per heavy atom. The van der Waals surface area contributed by atoms with Crippen LogP contribution in [0.25, 0.3) is 23.1 Å². The summed E-state index contributed by atoms with van der Waals surface area (Å²) in [6.45, 7) is 0. The third-order valence-corrected chi connectivity index (χ3v) is 3.58. The van der Waals surface area contributed by atoms with Crippen LogP contribution in [0.15, 0.2) is 48.5 Å². The van der Waals surface area contributed by atoms with Gasteiger partial charge >= 0.3 is 0 Å². The third-order valence-electron chi connectivity index (χ3n) is 3.58. The lowest BCUT2D eigenvalue weighted by Crippen LogP contribution is -1.95. The maximum atomic E-state index is 11.1. The van der Waals surface area contributed by atoms with E-state index in [4.69, 9.17) is 0 Å². The maximum absolute atomic E-state index is 11.1. The molecule has 1 heterocycles. The maximum Gasteiger partial charge on any atom is 0.283 e. The number of rotatable bonds is 4. The van der Waals surface area contributed by atoms with Crippen molar-refractivity contribution in [1.82, 2.24) is 4.98 Å². The number of pyridine rings is 1. The lowest BCUT2D eigenvalue weighted by Gasteiger charge is -2.01. The predicted octanol–water partition coefficient (Wildman–Crippen LogP) is 3.93. The van der Waals surface area contributed by atoms with Gasteiger partial charge in [0.05, 0.1) is 27.2 Å². The zero-order valence-corrected chi connectivity index (χ0v) is 12.7. The number of nitro benzene ring substituents is 2. The van der Waals surface area contributed by atoms with E-state index in [1.807, 2.05) is 0 Å². The van der Waals surface area contributed by atoms with Gasteiger partial charge in [0, 0.05) is 11.5 Å². The van der Waals surface area contributed by atoms with Gasteiger partial charge in [-0.2, -0.15) is 0 Å². The first-order valence-corrected chi connectivity index (χ1v) is 7.15. The van der Waals surface area contributed by atoms with Crippen molar-refractivity contribution in [3.63, 3.8) is 0 Å². The molecule has 0 bridgehead atoms. The van der Waals surface area contributed by atoms with E-state index in [-0.39, 0.29) is 22.7 Å². The third kappa shape index (κ3) is 3.27. The van der Waals surface area contributed by atoms with Crippen molar-refractivity contribution < 1.29 is 15.0 Å². The van der Waals surface area contributed by atoms with E-state index in [1.54, 1.807) is 30.3 Å². The summed E-state index contributed by atoms with van der Waals surface area (Å²) in [4.78, 5) is 24.8. The molecule has 0 aliphatic carbocycles. The topological polar surface area (TPSA) is 119 Å². The van der Waals surface area contributed by atoms with Gasteiger partial charge in [0.25, 0.3) is 11.4 Å². The van der Waals surface area contributed by atoms with Crippen molar-refractivity contribution in [2.24, 2.45) is 0 Å². The molecule has 8 nitrogen and oxygen atoms in total. The molecule has 0 unspecified atom stereocenters. The van der Waals surface area contributed by atoms with Crippen LogP contribution in [0.4, 0.5) is 11.4 Å². The Morgan fingerprint density at radius 1 is 0.960 bits per heavy atom. The highest BCUT2D eigenvalue weighted by molar-refractivity contribution is 5.86. The molecule has 1 aromatic heterocycles. The Labute approximate surface area is 141 Å². The molecule has 124 valence electrons. The minimum atomic E-state index is -0.686. The Balaban J connectivity index is 2.00. The van der Waals surface area contributed by atoms with Crippen LogP contribution in [0.3, 0.4) is 0 Å². The van der Waals surface area contributed by atoms with Crippen molar-refractivity contribution >= 4 is 34.4 Å². The number of nitrogens with zero attached hydrogens (tertiary/aromatic N) is 3. The lowest BCUT2D eigenvalue weighted by atomic mass is 10.1. The number of aromatic nitrogens is 1. The Hall–Kier alpha value is -3.81.